The van der Waals surface area contributed by atoms with E-state index in [0.29, 0.717) is 0 Å². The van der Waals surface area contributed by atoms with Gasteiger partial charge in [0.25, 0.3) is 0 Å². The van der Waals surface area contributed by atoms with Gasteiger partial charge in [-0.25, -0.2) is 4.79 Å². The molecular formula is C7H8ClNO3. The summed E-state index contributed by atoms with van der Waals surface area (Å²) in [5.74, 6) is -0.862. The summed E-state index contributed by atoms with van der Waals surface area (Å²) in [6.07, 6.45) is 2.85. The fourth-order valence-electron chi connectivity index (χ4n) is 0.721. The number of esters is 1. The van der Waals surface area contributed by atoms with E-state index in [1.807, 2.05) is 0 Å². The Balaban J connectivity index is 0.00000121. The summed E-state index contributed by atoms with van der Waals surface area (Å²) in [6.45, 7) is 0. The van der Waals surface area contributed by atoms with Gasteiger partial charge in [0.05, 0.1) is 7.11 Å². The molecule has 1 rings (SSSR count). The zero-order chi connectivity index (χ0) is 8.27. The molecule has 1 heterocycles. The number of Topliss-reactive ketones (excluding diaryl/α,β-unsaturated/α-hetero) is 1. The molecule has 0 aromatic carbocycles. The second kappa shape index (κ2) is 4.66. The molecule has 0 unspecified atom stereocenters. The second-order valence-corrected chi connectivity index (χ2v) is 1.99. The number of ketones is 1. The Morgan fingerprint density at radius 3 is 2.83 bits per heavy atom. The van der Waals surface area contributed by atoms with Crippen LogP contribution in [0.2, 0.25) is 0 Å². The van der Waals surface area contributed by atoms with Crippen molar-refractivity contribution in [3.63, 3.8) is 0 Å². The fraction of sp³-hybridized carbons (Fsp3) is 0.286. The first-order chi connectivity index (χ1) is 5.25. The summed E-state index contributed by atoms with van der Waals surface area (Å²) in [5, 5.41) is 0. The van der Waals surface area contributed by atoms with Crippen LogP contribution in [0.5, 0.6) is 0 Å². The van der Waals surface area contributed by atoms with Crippen molar-refractivity contribution in [1.82, 2.24) is 0 Å². The number of carbonyl (C=O) groups excluding carboxylic acids is 2. The molecule has 0 aromatic heterocycles. The molecule has 0 N–H and O–H groups in total. The molecule has 0 spiro atoms. The number of halogens is 1. The van der Waals surface area contributed by atoms with Crippen molar-refractivity contribution in [2.24, 2.45) is 4.99 Å². The standard InChI is InChI=1S/C7H7NO3.ClH/c1-11-7(10)5-4-8-3-2-6(5)9;/h3-4H,2H2,1H3;1H. The zero-order valence-electron chi connectivity index (χ0n) is 6.44. The average molecular weight is 190 g/mol. The molecule has 0 fully saturated rings. The van der Waals surface area contributed by atoms with Crippen molar-refractivity contribution >= 4 is 30.4 Å². The summed E-state index contributed by atoms with van der Waals surface area (Å²) in [6, 6.07) is 0. The minimum Gasteiger partial charge on any atom is -0.465 e. The fourth-order valence-corrected chi connectivity index (χ4v) is 0.721. The quantitative estimate of drug-likeness (QED) is 0.446. The maximum absolute atomic E-state index is 10.9. The molecule has 0 radical (unpaired) electrons. The first-order valence-corrected chi connectivity index (χ1v) is 3.09. The van der Waals surface area contributed by atoms with E-state index in [0.717, 1.165) is 0 Å². The van der Waals surface area contributed by atoms with E-state index in [1.54, 1.807) is 0 Å². The van der Waals surface area contributed by atoms with E-state index in [-0.39, 0.29) is 30.2 Å². The minimum absolute atomic E-state index is 0. The minimum atomic E-state index is -0.619. The van der Waals surface area contributed by atoms with Crippen LogP contribution in [-0.4, -0.2) is 25.1 Å². The normalized spacial score (nSPS) is 14.8. The molecule has 0 aromatic rings. The topological polar surface area (TPSA) is 55.7 Å². The van der Waals surface area contributed by atoms with Crippen molar-refractivity contribution in [3.05, 3.63) is 11.8 Å². The Labute approximate surface area is 75.7 Å². The summed E-state index contributed by atoms with van der Waals surface area (Å²) in [5.41, 5.74) is 0.0231. The predicted octanol–water partition coefficient (Wildman–Crippen LogP) is 0.509. The van der Waals surface area contributed by atoms with Crippen molar-refractivity contribution in [1.29, 1.82) is 0 Å². The molecular weight excluding hydrogens is 182 g/mol. The molecule has 66 valence electrons. The first-order valence-electron chi connectivity index (χ1n) is 3.09. The van der Waals surface area contributed by atoms with Crippen molar-refractivity contribution in [2.75, 3.05) is 7.11 Å². The summed E-state index contributed by atoms with van der Waals surface area (Å²) in [7, 11) is 1.23. The molecule has 1 aliphatic heterocycles. The predicted molar refractivity (Wildman–Crippen MR) is 45.5 cm³/mol. The molecule has 0 saturated heterocycles. The third-order valence-corrected chi connectivity index (χ3v) is 1.29. The van der Waals surface area contributed by atoms with Gasteiger partial charge in [0.2, 0.25) is 0 Å². The van der Waals surface area contributed by atoms with Crippen LogP contribution >= 0.6 is 12.4 Å². The van der Waals surface area contributed by atoms with Gasteiger partial charge in [-0.1, -0.05) is 0 Å². The number of ether oxygens (including phenoxy) is 1. The van der Waals surface area contributed by atoms with Crippen LogP contribution in [0.25, 0.3) is 0 Å². The second-order valence-electron chi connectivity index (χ2n) is 1.99. The Morgan fingerprint density at radius 1 is 1.67 bits per heavy atom. The van der Waals surface area contributed by atoms with E-state index >= 15 is 0 Å². The van der Waals surface area contributed by atoms with E-state index in [4.69, 9.17) is 0 Å². The van der Waals surface area contributed by atoms with E-state index in [2.05, 4.69) is 9.73 Å². The maximum atomic E-state index is 10.9. The van der Waals surface area contributed by atoms with Crippen LogP contribution in [-0.2, 0) is 14.3 Å². The van der Waals surface area contributed by atoms with Crippen LogP contribution in [0.4, 0.5) is 0 Å². The first kappa shape index (κ1) is 10.8. The number of carbonyl (C=O) groups is 2. The highest BCUT2D eigenvalue weighted by molar-refractivity contribution is 6.21. The lowest BCUT2D eigenvalue weighted by molar-refractivity contribution is -0.137. The molecule has 12 heavy (non-hydrogen) atoms. The Hall–Kier alpha value is -1.16. The number of hydrogen-bond acceptors (Lipinski definition) is 4. The maximum Gasteiger partial charge on any atom is 0.343 e. The third-order valence-electron chi connectivity index (χ3n) is 1.29. The van der Waals surface area contributed by atoms with Gasteiger partial charge in [0.1, 0.15) is 5.57 Å². The number of methoxy groups -OCH3 is 1. The van der Waals surface area contributed by atoms with Crippen molar-refractivity contribution < 1.29 is 14.3 Å². The van der Waals surface area contributed by atoms with Crippen LogP contribution < -0.4 is 0 Å². The molecule has 1 aliphatic rings. The molecule has 0 amide bonds. The van der Waals surface area contributed by atoms with Crippen LogP contribution in [0.3, 0.4) is 0 Å². The third kappa shape index (κ3) is 2.17. The summed E-state index contributed by atoms with van der Waals surface area (Å²) >= 11 is 0. The van der Waals surface area contributed by atoms with Crippen LogP contribution in [0, 0.1) is 0 Å². The van der Waals surface area contributed by atoms with E-state index in [9.17, 15) is 9.59 Å². The Morgan fingerprint density at radius 2 is 2.33 bits per heavy atom. The van der Waals surface area contributed by atoms with Gasteiger partial charge >= 0.3 is 5.97 Å². The SMILES string of the molecule is COC(=O)C1=CN=CCC1=O.Cl. The zero-order valence-corrected chi connectivity index (χ0v) is 7.26. The highest BCUT2D eigenvalue weighted by Gasteiger charge is 2.19. The number of aliphatic imine (C=N–C) groups is 1. The lowest BCUT2D eigenvalue weighted by atomic mass is 10.1. The lowest BCUT2D eigenvalue weighted by Gasteiger charge is -2.03. The highest BCUT2D eigenvalue weighted by Crippen LogP contribution is 2.05. The molecule has 0 aliphatic carbocycles. The van der Waals surface area contributed by atoms with Gasteiger partial charge in [-0.15, -0.1) is 12.4 Å². The van der Waals surface area contributed by atoms with Gasteiger partial charge in [-0.05, 0) is 0 Å². The van der Waals surface area contributed by atoms with Gasteiger partial charge in [-0.3, -0.25) is 9.79 Å². The molecule has 5 heteroatoms. The molecule has 0 atom stereocenters. The van der Waals surface area contributed by atoms with Crippen molar-refractivity contribution in [3.8, 4) is 0 Å². The molecule has 0 bridgehead atoms. The number of hydrogen-bond donors (Lipinski definition) is 0. The van der Waals surface area contributed by atoms with Crippen molar-refractivity contribution in [2.45, 2.75) is 6.42 Å². The van der Waals surface area contributed by atoms with Gasteiger partial charge < -0.3 is 4.74 Å². The van der Waals surface area contributed by atoms with Gasteiger partial charge in [0.15, 0.2) is 5.78 Å². The number of rotatable bonds is 1. The van der Waals surface area contributed by atoms with E-state index < -0.39 is 5.97 Å². The summed E-state index contributed by atoms with van der Waals surface area (Å²) < 4.78 is 4.36. The van der Waals surface area contributed by atoms with Crippen LogP contribution in [0.1, 0.15) is 6.42 Å². The van der Waals surface area contributed by atoms with Crippen LogP contribution in [0.15, 0.2) is 16.8 Å². The monoisotopic (exact) mass is 189 g/mol. The average Bonchev–Trinajstić information content (AvgIpc) is 2.04. The van der Waals surface area contributed by atoms with Gasteiger partial charge in [0, 0.05) is 18.8 Å². The lowest BCUT2D eigenvalue weighted by Crippen LogP contribution is -2.16. The largest absolute Gasteiger partial charge is 0.465 e. The van der Waals surface area contributed by atoms with E-state index in [1.165, 1.54) is 19.5 Å². The smallest absolute Gasteiger partial charge is 0.343 e. The Bertz CT molecular complexity index is 257. The summed E-state index contributed by atoms with van der Waals surface area (Å²) in [4.78, 5) is 25.4. The van der Waals surface area contributed by atoms with Gasteiger partial charge in [-0.2, -0.15) is 0 Å². The Kier molecular flexibility index (Phi) is 4.21. The highest BCUT2D eigenvalue weighted by atomic mass is 35.5. The molecule has 0 saturated carbocycles. The molecule has 4 nitrogen and oxygen atoms in total. The number of nitrogens with zero attached hydrogens (tertiary/aromatic N) is 1.